The number of hydrogen-bond donors (Lipinski definition) is 1. The molecule has 2 aromatic carbocycles. The fraction of sp³-hybridized carbons (Fsp3) is 0.500. The molecule has 42 heavy (non-hydrogen) atoms. The van der Waals surface area contributed by atoms with Crippen LogP contribution in [0.5, 0.6) is 0 Å². The number of ether oxygens (including phenoxy) is 1. The van der Waals surface area contributed by atoms with Crippen LogP contribution in [-0.4, -0.2) is 65.3 Å². The zero-order valence-corrected chi connectivity index (χ0v) is 24.9. The molecule has 0 radical (unpaired) electrons. The van der Waals surface area contributed by atoms with Gasteiger partial charge >= 0.3 is 6.09 Å². The van der Waals surface area contributed by atoms with Crippen molar-refractivity contribution in [2.45, 2.75) is 48.5 Å². The van der Waals surface area contributed by atoms with Crippen molar-refractivity contribution in [1.29, 1.82) is 5.26 Å². The number of nitrogens with one attached hydrogen (secondary N) is 1. The molecule has 10 heteroatoms. The summed E-state index contributed by atoms with van der Waals surface area (Å²) in [6.07, 6.45) is 3.03. The lowest BCUT2D eigenvalue weighted by Gasteiger charge is -2.47. The lowest BCUT2D eigenvalue weighted by molar-refractivity contribution is 0.0306. The van der Waals surface area contributed by atoms with Crippen LogP contribution >= 0.6 is 0 Å². The number of carbonyl (C=O) groups excluding carboxylic acids is 1. The number of likely N-dealkylation sites (tertiary alicyclic amines) is 1. The highest BCUT2D eigenvalue weighted by atomic mass is 32.2. The molecule has 1 N–H and O–H groups in total. The highest BCUT2D eigenvalue weighted by molar-refractivity contribution is 7.94. The van der Waals surface area contributed by atoms with E-state index >= 15 is 0 Å². The van der Waals surface area contributed by atoms with Crippen LogP contribution in [-0.2, 0) is 20.0 Å². The maximum absolute atomic E-state index is 14.5. The Morgan fingerprint density at radius 3 is 2.50 bits per heavy atom. The molecule has 0 unspecified atom stereocenters. The minimum absolute atomic E-state index is 0.0164. The van der Waals surface area contributed by atoms with E-state index in [1.807, 2.05) is 18.2 Å². The summed E-state index contributed by atoms with van der Waals surface area (Å²) in [6.45, 7) is 7.84. The first-order valence-corrected chi connectivity index (χ1v) is 16.3. The molecule has 2 aliphatic heterocycles. The second-order valence-corrected chi connectivity index (χ2v) is 13.7. The van der Waals surface area contributed by atoms with Gasteiger partial charge in [0.15, 0.2) is 9.84 Å². The van der Waals surface area contributed by atoms with Gasteiger partial charge in [-0.3, -0.25) is 0 Å². The molecular formula is C32H39FN4O4S. The number of alkyl carbamates (subject to hydrolysis) is 1. The third-order valence-corrected chi connectivity index (χ3v) is 10.8. The Hall–Kier alpha value is -3.42. The quantitative estimate of drug-likeness (QED) is 0.442. The van der Waals surface area contributed by atoms with Crippen LogP contribution in [0.2, 0.25) is 0 Å². The van der Waals surface area contributed by atoms with Gasteiger partial charge in [0.2, 0.25) is 0 Å². The number of amides is 1. The summed E-state index contributed by atoms with van der Waals surface area (Å²) in [6, 6.07) is 16.0. The lowest BCUT2D eigenvalue weighted by atomic mass is 9.59. The molecule has 2 heterocycles. The molecule has 3 aliphatic rings. The molecule has 2 aromatic rings. The molecule has 0 aromatic heterocycles. The summed E-state index contributed by atoms with van der Waals surface area (Å²) in [7, 11) is -1.91. The molecule has 5 rings (SSSR count). The molecule has 8 nitrogen and oxygen atoms in total. The van der Waals surface area contributed by atoms with Gasteiger partial charge in [0, 0.05) is 49.6 Å². The zero-order chi connectivity index (χ0) is 29.9. The van der Waals surface area contributed by atoms with Crippen LogP contribution in [0.4, 0.5) is 14.9 Å². The second kappa shape index (κ2) is 12.4. The minimum Gasteiger partial charge on any atom is -0.446 e. The largest absolute Gasteiger partial charge is 0.446 e. The number of sulfone groups is 1. The van der Waals surface area contributed by atoms with E-state index in [2.05, 4.69) is 27.8 Å². The Morgan fingerprint density at radius 1 is 1.17 bits per heavy atom. The van der Waals surface area contributed by atoms with Gasteiger partial charge in [-0.05, 0) is 93.1 Å². The molecular weight excluding hydrogens is 555 g/mol. The lowest BCUT2D eigenvalue weighted by Crippen LogP contribution is -2.54. The third-order valence-electron chi connectivity index (χ3n) is 9.44. The molecule has 1 amide bonds. The first-order valence-electron chi connectivity index (χ1n) is 14.7. The standard InChI is InChI=1S/C32H39FN4O4S/c1-3-42(39,40)28-12-10-27(11-13-28)37-20-23(21-37)19-36-16-14-24(15-17-36)32(22-34,25-6-4-7-26(33)18-25)29-8-5-9-30(29)41-31(38)35-2/h3-4,6-7,10-13,18,23-24,29-30H,1,5,8-9,14-17,19-21H2,2H3,(H,35,38)/t29-,30-,32-/m0/s1. The molecule has 2 saturated heterocycles. The Kier molecular flexibility index (Phi) is 8.90. The average molecular weight is 595 g/mol. The summed E-state index contributed by atoms with van der Waals surface area (Å²) in [5.74, 6) is -0.0473. The summed E-state index contributed by atoms with van der Waals surface area (Å²) in [4.78, 5) is 17.1. The number of anilines is 1. The van der Waals surface area contributed by atoms with Gasteiger partial charge in [0.05, 0.1) is 16.4 Å². The Bertz CT molecular complexity index is 1430. The van der Waals surface area contributed by atoms with Crippen molar-refractivity contribution >= 4 is 21.6 Å². The fourth-order valence-corrected chi connectivity index (χ4v) is 8.00. The molecule has 3 atom stereocenters. The number of nitriles is 1. The van der Waals surface area contributed by atoms with Crippen LogP contribution in [0.25, 0.3) is 0 Å². The fourth-order valence-electron chi connectivity index (χ4n) is 7.30. The highest BCUT2D eigenvalue weighted by Gasteiger charge is 2.53. The van der Waals surface area contributed by atoms with Crippen molar-refractivity contribution in [1.82, 2.24) is 10.2 Å². The molecule has 1 aliphatic carbocycles. The number of nitrogens with zero attached hydrogens (tertiary/aromatic N) is 3. The van der Waals surface area contributed by atoms with Crippen molar-refractivity contribution in [3.05, 3.63) is 71.9 Å². The van der Waals surface area contributed by atoms with Crippen LogP contribution in [0.15, 0.2) is 65.4 Å². The van der Waals surface area contributed by atoms with Crippen molar-refractivity contribution < 1.29 is 22.3 Å². The Balaban J connectivity index is 1.24. The molecule has 224 valence electrons. The van der Waals surface area contributed by atoms with E-state index in [0.29, 0.717) is 17.9 Å². The average Bonchev–Trinajstić information content (AvgIpc) is 3.44. The van der Waals surface area contributed by atoms with Crippen molar-refractivity contribution in [2.24, 2.45) is 17.8 Å². The summed E-state index contributed by atoms with van der Waals surface area (Å²) in [5, 5.41) is 14.3. The highest BCUT2D eigenvalue weighted by Crippen LogP contribution is 2.51. The smallest absolute Gasteiger partial charge is 0.407 e. The van der Waals surface area contributed by atoms with Gasteiger partial charge in [-0.1, -0.05) is 18.7 Å². The van der Waals surface area contributed by atoms with Gasteiger partial charge in [-0.25, -0.2) is 17.6 Å². The van der Waals surface area contributed by atoms with E-state index in [1.54, 1.807) is 18.2 Å². The zero-order valence-electron chi connectivity index (χ0n) is 24.0. The van der Waals surface area contributed by atoms with Crippen LogP contribution < -0.4 is 10.2 Å². The van der Waals surface area contributed by atoms with Crippen molar-refractivity contribution in [3.63, 3.8) is 0 Å². The first-order chi connectivity index (χ1) is 20.2. The predicted octanol–water partition coefficient (Wildman–Crippen LogP) is 4.88. The number of carbonyl (C=O) groups is 1. The van der Waals surface area contributed by atoms with Crippen molar-refractivity contribution in [3.8, 4) is 6.07 Å². The van der Waals surface area contributed by atoms with Crippen LogP contribution in [0.1, 0.15) is 37.7 Å². The normalized spacial score (nSPS) is 23.4. The SMILES string of the molecule is C=CS(=O)(=O)c1ccc(N2CC(CN3CCC([C@@](C#N)(c4cccc(F)c4)[C@H]4CCC[C@@H]4OC(=O)NC)CC3)C2)cc1. The third kappa shape index (κ3) is 5.90. The van der Waals surface area contributed by atoms with Crippen LogP contribution in [0, 0.1) is 34.9 Å². The molecule has 3 fully saturated rings. The number of benzene rings is 2. The minimum atomic E-state index is -3.44. The maximum Gasteiger partial charge on any atom is 0.407 e. The number of rotatable bonds is 9. The van der Waals surface area contributed by atoms with E-state index in [9.17, 15) is 22.9 Å². The maximum atomic E-state index is 14.5. The number of halogens is 1. The molecule has 0 spiro atoms. The van der Waals surface area contributed by atoms with Crippen molar-refractivity contribution in [2.75, 3.05) is 44.7 Å². The first kappa shape index (κ1) is 30.1. The van der Waals surface area contributed by atoms with E-state index in [1.165, 1.54) is 19.2 Å². The van der Waals surface area contributed by atoms with E-state index in [-0.39, 0.29) is 22.5 Å². The number of hydrogen-bond acceptors (Lipinski definition) is 7. The predicted molar refractivity (Wildman–Crippen MR) is 159 cm³/mol. The summed E-state index contributed by atoms with van der Waals surface area (Å²) >= 11 is 0. The monoisotopic (exact) mass is 594 g/mol. The second-order valence-electron chi connectivity index (χ2n) is 11.8. The van der Waals surface area contributed by atoms with E-state index in [0.717, 1.165) is 69.5 Å². The summed E-state index contributed by atoms with van der Waals surface area (Å²) < 4.78 is 44.2. The van der Waals surface area contributed by atoms with Gasteiger partial charge in [0.1, 0.15) is 11.9 Å². The Labute approximate surface area is 248 Å². The van der Waals surface area contributed by atoms with Gasteiger partial charge in [-0.2, -0.15) is 5.26 Å². The van der Waals surface area contributed by atoms with Gasteiger partial charge in [-0.15, -0.1) is 0 Å². The molecule has 1 saturated carbocycles. The van der Waals surface area contributed by atoms with Gasteiger partial charge in [0.25, 0.3) is 0 Å². The Morgan fingerprint density at radius 2 is 1.88 bits per heavy atom. The topological polar surface area (TPSA) is 103 Å². The van der Waals surface area contributed by atoms with Crippen LogP contribution in [0.3, 0.4) is 0 Å². The molecule has 0 bridgehead atoms. The summed E-state index contributed by atoms with van der Waals surface area (Å²) in [5.41, 5.74) is 0.747. The van der Waals surface area contributed by atoms with E-state index < -0.39 is 27.4 Å². The van der Waals surface area contributed by atoms with Gasteiger partial charge < -0.3 is 19.9 Å². The van der Waals surface area contributed by atoms with E-state index in [4.69, 9.17) is 4.74 Å². The number of piperidine rings is 1.